The van der Waals surface area contributed by atoms with Crippen LogP contribution in [0.25, 0.3) is 0 Å². The van der Waals surface area contributed by atoms with Gasteiger partial charge < -0.3 is 5.32 Å². The first-order chi connectivity index (χ1) is 9.66. The van der Waals surface area contributed by atoms with Crippen LogP contribution in [-0.4, -0.2) is 11.5 Å². The second kappa shape index (κ2) is 7.41. The normalized spacial score (nSPS) is 14.9. The maximum atomic E-state index is 10.9. The van der Waals surface area contributed by atoms with Gasteiger partial charge in [-0.2, -0.15) is 0 Å². The number of nitro benzene ring substituents is 1. The lowest BCUT2D eigenvalue weighted by Crippen LogP contribution is -2.16. The molecule has 0 saturated heterocycles. The van der Waals surface area contributed by atoms with Crippen molar-refractivity contribution in [2.24, 2.45) is 0 Å². The van der Waals surface area contributed by atoms with Gasteiger partial charge in [0.2, 0.25) is 0 Å². The number of rotatable bonds is 6. The summed E-state index contributed by atoms with van der Waals surface area (Å²) in [6.45, 7) is 1.32. The minimum atomic E-state index is -0.364. The summed E-state index contributed by atoms with van der Waals surface area (Å²) in [5.41, 5.74) is 2.27. The third-order valence-corrected chi connectivity index (χ3v) is 3.80. The second-order valence-electron chi connectivity index (χ2n) is 5.07. The quantitative estimate of drug-likeness (QED) is 0.370. The SMILES string of the molecule is O=[N+]([O-])c1ccc(Cl)cc1CNCCC1=CCCCC1. The van der Waals surface area contributed by atoms with Gasteiger partial charge in [-0.05, 0) is 50.8 Å². The van der Waals surface area contributed by atoms with E-state index in [4.69, 9.17) is 11.6 Å². The summed E-state index contributed by atoms with van der Waals surface area (Å²) in [5.74, 6) is 0. The Bertz CT molecular complexity index is 515. The van der Waals surface area contributed by atoms with Gasteiger partial charge in [0.05, 0.1) is 4.92 Å². The molecule has 1 aliphatic carbocycles. The van der Waals surface area contributed by atoms with Crippen molar-refractivity contribution < 1.29 is 4.92 Å². The van der Waals surface area contributed by atoms with Crippen LogP contribution in [0.4, 0.5) is 5.69 Å². The fraction of sp³-hybridized carbons (Fsp3) is 0.467. The van der Waals surface area contributed by atoms with Crippen molar-refractivity contribution in [2.45, 2.75) is 38.6 Å². The van der Waals surface area contributed by atoms with Crippen molar-refractivity contribution in [3.63, 3.8) is 0 Å². The molecule has 0 heterocycles. The Balaban J connectivity index is 1.85. The summed E-state index contributed by atoms with van der Waals surface area (Å²) in [4.78, 5) is 10.6. The van der Waals surface area contributed by atoms with Gasteiger partial charge in [0.25, 0.3) is 5.69 Å². The smallest absolute Gasteiger partial charge is 0.273 e. The molecule has 0 atom stereocenters. The van der Waals surface area contributed by atoms with E-state index in [2.05, 4.69) is 11.4 Å². The van der Waals surface area contributed by atoms with Crippen molar-refractivity contribution in [3.8, 4) is 0 Å². The van der Waals surface area contributed by atoms with Crippen molar-refractivity contribution in [3.05, 3.63) is 50.5 Å². The molecule has 20 heavy (non-hydrogen) atoms. The van der Waals surface area contributed by atoms with Crippen LogP contribution in [0.15, 0.2) is 29.8 Å². The average molecular weight is 295 g/mol. The Morgan fingerprint density at radius 3 is 2.90 bits per heavy atom. The summed E-state index contributed by atoms with van der Waals surface area (Å²) in [6.07, 6.45) is 8.31. The molecule has 4 nitrogen and oxygen atoms in total. The van der Waals surface area contributed by atoms with E-state index >= 15 is 0 Å². The standard InChI is InChI=1S/C15H19ClN2O2/c16-14-6-7-15(18(19)20)13(10-14)11-17-9-8-12-4-2-1-3-5-12/h4,6-7,10,17H,1-3,5,8-9,11H2. The van der Waals surface area contributed by atoms with E-state index in [0.29, 0.717) is 17.1 Å². The first-order valence-electron chi connectivity index (χ1n) is 6.98. The molecule has 0 unspecified atom stereocenters. The van der Waals surface area contributed by atoms with Crippen molar-refractivity contribution in [2.75, 3.05) is 6.54 Å². The highest BCUT2D eigenvalue weighted by atomic mass is 35.5. The Kier molecular flexibility index (Phi) is 5.56. The van der Waals surface area contributed by atoms with E-state index < -0.39 is 0 Å². The fourth-order valence-corrected chi connectivity index (χ4v) is 2.67. The number of allylic oxidation sites excluding steroid dienone is 1. The Hall–Kier alpha value is -1.39. The molecule has 0 saturated carbocycles. The predicted molar refractivity (Wildman–Crippen MR) is 81.0 cm³/mol. The highest BCUT2D eigenvalue weighted by molar-refractivity contribution is 6.30. The third-order valence-electron chi connectivity index (χ3n) is 3.56. The zero-order valence-corrected chi connectivity index (χ0v) is 12.2. The maximum Gasteiger partial charge on any atom is 0.273 e. The molecular formula is C15H19ClN2O2. The van der Waals surface area contributed by atoms with Crippen LogP contribution >= 0.6 is 11.6 Å². The first-order valence-corrected chi connectivity index (χ1v) is 7.36. The van der Waals surface area contributed by atoms with Gasteiger partial charge >= 0.3 is 0 Å². The Morgan fingerprint density at radius 1 is 1.35 bits per heavy atom. The van der Waals surface area contributed by atoms with Crippen LogP contribution in [0.2, 0.25) is 5.02 Å². The van der Waals surface area contributed by atoms with E-state index in [-0.39, 0.29) is 10.6 Å². The maximum absolute atomic E-state index is 10.9. The van der Waals surface area contributed by atoms with E-state index in [1.807, 2.05) is 0 Å². The molecule has 2 rings (SSSR count). The second-order valence-corrected chi connectivity index (χ2v) is 5.50. The van der Waals surface area contributed by atoms with E-state index in [0.717, 1.165) is 13.0 Å². The highest BCUT2D eigenvalue weighted by Crippen LogP contribution is 2.23. The molecule has 0 bridgehead atoms. The van der Waals surface area contributed by atoms with Crippen molar-refractivity contribution in [1.29, 1.82) is 0 Å². The number of halogens is 1. The van der Waals surface area contributed by atoms with Crippen LogP contribution in [0, 0.1) is 10.1 Å². The number of nitrogens with one attached hydrogen (secondary N) is 1. The molecular weight excluding hydrogens is 276 g/mol. The molecule has 1 aromatic rings. The first kappa shape index (κ1) is 15.0. The largest absolute Gasteiger partial charge is 0.312 e. The zero-order chi connectivity index (χ0) is 14.4. The molecule has 1 aromatic carbocycles. The van der Waals surface area contributed by atoms with E-state index in [1.54, 1.807) is 12.1 Å². The third kappa shape index (κ3) is 4.32. The molecule has 1 N–H and O–H groups in total. The van der Waals surface area contributed by atoms with Gasteiger partial charge in [0.1, 0.15) is 0 Å². The van der Waals surface area contributed by atoms with E-state index in [9.17, 15) is 10.1 Å². The lowest BCUT2D eigenvalue weighted by Gasteiger charge is -2.13. The number of nitro groups is 1. The van der Waals surface area contributed by atoms with Gasteiger partial charge in [0, 0.05) is 23.2 Å². The average Bonchev–Trinajstić information content (AvgIpc) is 2.44. The minimum absolute atomic E-state index is 0.124. The van der Waals surface area contributed by atoms with Gasteiger partial charge in [-0.1, -0.05) is 23.3 Å². The molecule has 0 spiro atoms. The fourth-order valence-electron chi connectivity index (χ4n) is 2.48. The van der Waals surface area contributed by atoms with Gasteiger partial charge in [-0.3, -0.25) is 10.1 Å². The van der Waals surface area contributed by atoms with Crippen LogP contribution in [0.3, 0.4) is 0 Å². The molecule has 0 aromatic heterocycles. The topological polar surface area (TPSA) is 55.2 Å². The molecule has 0 amide bonds. The van der Waals surface area contributed by atoms with Crippen molar-refractivity contribution in [1.82, 2.24) is 5.32 Å². The molecule has 1 aliphatic rings. The lowest BCUT2D eigenvalue weighted by molar-refractivity contribution is -0.385. The summed E-state index contributed by atoms with van der Waals surface area (Å²) >= 11 is 5.90. The number of benzene rings is 1. The Morgan fingerprint density at radius 2 is 2.20 bits per heavy atom. The summed E-state index contributed by atoms with van der Waals surface area (Å²) in [6, 6.07) is 4.67. The minimum Gasteiger partial charge on any atom is -0.312 e. The number of nitrogens with zero attached hydrogens (tertiary/aromatic N) is 1. The zero-order valence-electron chi connectivity index (χ0n) is 11.4. The number of hydrogen-bond donors (Lipinski definition) is 1. The molecule has 0 radical (unpaired) electrons. The van der Waals surface area contributed by atoms with E-state index in [1.165, 1.54) is 37.3 Å². The molecule has 108 valence electrons. The highest BCUT2D eigenvalue weighted by Gasteiger charge is 2.13. The van der Waals surface area contributed by atoms with Gasteiger partial charge in [-0.25, -0.2) is 0 Å². The summed E-state index contributed by atoms with van der Waals surface area (Å²) in [5, 5.41) is 14.7. The van der Waals surface area contributed by atoms with Gasteiger partial charge in [-0.15, -0.1) is 0 Å². The summed E-state index contributed by atoms with van der Waals surface area (Å²) < 4.78 is 0. The summed E-state index contributed by atoms with van der Waals surface area (Å²) in [7, 11) is 0. The Labute approximate surface area is 124 Å². The molecule has 0 fully saturated rings. The van der Waals surface area contributed by atoms with Crippen LogP contribution in [-0.2, 0) is 6.54 Å². The van der Waals surface area contributed by atoms with Crippen LogP contribution < -0.4 is 5.32 Å². The predicted octanol–water partition coefficient (Wildman–Crippen LogP) is 4.23. The molecule has 5 heteroatoms. The monoisotopic (exact) mass is 294 g/mol. The van der Waals surface area contributed by atoms with Gasteiger partial charge in [0.15, 0.2) is 0 Å². The van der Waals surface area contributed by atoms with Crippen LogP contribution in [0.1, 0.15) is 37.7 Å². The molecule has 0 aliphatic heterocycles. The lowest BCUT2D eigenvalue weighted by atomic mass is 9.97. The van der Waals surface area contributed by atoms with Crippen LogP contribution in [0.5, 0.6) is 0 Å². The number of hydrogen-bond acceptors (Lipinski definition) is 3. The van der Waals surface area contributed by atoms with Crippen molar-refractivity contribution >= 4 is 17.3 Å².